The Morgan fingerprint density at radius 3 is 2.81 bits per heavy atom. The number of hydrogen-bond donors (Lipinski definition) is 2. The number of piperidine rings is 1. The lowest BCUT2D eigenvalue weighted by Crippen LogP contribution is -2.67. The standard InChI is InChI=1S/C18H27FN2/c1-16-9-4-3-5-12(16)6-7-13-14-8-10-18(19,20)17(14,2)11-21-15(13)16/h3-5,9,12-15,21H,6-8,10-11,20H2,1-2H3/t12?,13-,14-,15+,16-,17-,18?/m0/s1. The van der Waals surface area contributed by atoms with E-state index in [2.05, 4.69) is 43.5 Å². The molecule has 2 unspecified atom stereocenters. The van der Waals surface area contributed by atoms with Gasteiger partial charge in [-0.1, -0.05) is 38.2 Å². The number of hydrogen-bond acceptors (Lipinski definition) is 2. The first-order valence-corrected chi connectivity index (χ1v) is 8.46. The van der Waals surface area contributed by atoms with Crippen molar-refractivity contribution in [3.63, 3.8) is 0 Å². The van der Waals surface area contributed by atoms with Gasteiger partial charge in [-0.2, -0.15) is 0 Å². The zero-order valence-electron chi connectivity index (χ0n) is 13.1. The van der Waals surface area contributed by atoms with Crippen molar-refractivity contribution in [3.05, 3.63) is 24.3 Å². The summed E-state index contributed by atoms with van der Waals surface area (Å²) < 4.78 is 14.8. The predicted molar refractivity (Wildman–Crippen MR) is 83.2 cm³/mol. The summed E-state index contributed by atoms with van der Waals surface area (Å²) in [6.45, 7) is 5.16. The highest BCUT2D eigenvalue weighted by molar-refractivity contribution is 5.26. The molecule has 0 aromatic carbocycles. The van der Waals surface area contributed by atoms with Gasteiger partial charge in [0.05, 0.1) is 0 Å². The predicted octanol–water partition coefficient (Wildman–Crippen LogP) is 3.16. The number of allylic oxidation sites excluding steroid dienone is 3. The Morgan fingerprint density at radius 2 is 2.00 bits per heavy atom. The largest absolute Gasteiger partial charge is 0.312 e. The van der Waals surface area contributed by atoms with Crippen molar-refractivity contribution >= 4 is 0 Å². The van der Waals surface area contributed by atoms with Crippen LogP contribution < -0.4 is 11.1 Å². The summed E-state index contributed by atoms with van der Waals surface area (Å²) in [6.07, 6.45) is 13.0. The molecular weight excluding hydrogens is 263 g/mol. The van der Waals surface area contributed by atoms with Gasteiger partial charge in [-0.05, 0) is 43.4 Å². The summed E-state index contributed by atoms with van der Waals surface area (Å²) in [7, 11) is 0. The third-order valence-electron chi connectivity index (χ3n) is 7.41. The van der Waals surface area contributed by atoms with Crippen molar-refractivity contribution in [1.29, 1.82) is 0 Å². The topological polar surface area (TPSA) is 38.0 Å². The van der Waals surface area contributed by atoms with Crippen molar-refractivity contribution in [3.8, 4) is 0 Å². The molecule has 0 radical (unpaired) electrons. The Labute approximate surface area is 127 Å². The summed E-state index contributed by atoms with van der Waals surface area (Å²) in [5.74, 6) is 0.101. The van der Waals surface area contributed by atoms with Crippen LogP contribution in [0.2, 0.25) is 0 Å². The number of fused-ring (bicyclic) bond motifs is 5. The molecule has 3 aliphatic carbocycles. The Kier molecular flexibility index (Phi) is 2.79. The maximum Gasteiger partial charge on any atom is 0.166 e. The zero-order valence-corrected chi connectivity index (χ0v) is 13.1. The molecule has 2 saturated carbocycles. The van der Waals surface area contributed by atoms with Crippen LogP contribution in [0.15, 0.2) is 24.3 Å². The van der Waals surface area contributed by atoms with E-state index in [0.29, 0.717) is 36.8 Å². The lowest BCUT2D eigenvalue weighted by Gasteiger charge is -2.58. The Hall–Kier alpha value is -0.670. The first kappa shape index (κ1) is 14.0. The second-order valence-corrected chi connectivity index (χ2v) is 8.24. The van der Waals surface area contributed by atoms with Crippen molar-refractivity contribution in [2.24, 2.45) is 34.3 Å². The molecule has 7 atom stereocenters. The summed E-state index contributed by atoms with van der Waals surface area (Å²) in [4.78, 5) is 0. The van der Waals surface area contributed by atoms with Crippen molar-refractivity contribution < 1.29 is 4.39 Å². The molecule has 0 spiro atoms. The maximum atomic E-state index is 14.8. The fourth-order valence-corrected chi connectivity index (χ4v) is 5.90. The molecule has 0 aromatic rings. The lowest BCUT2D eigenvalue weighted by atomic mass is 9.52. The monoisotopic (exact) mass is 290 g/mol. The van der Waals surface area contributed by atoms with Crippen LogP contribution >= 0.6 is 0 Å². The van der Waals surface area contributed by atoms with Gasteiger partial charge in [-0.15, -0.1) is 0 Å². The Bertz CT molecular complexity index is 511. The zero-order chi connectivity index (χ0) is 14.9. The quantitative estimate of drug-likeness (QED) is 0.673. The highest BCUT2D eigenvalue weighted by atomic mass is 19.1. The summed E-state index contributed by atoms with van der Waals surface area (Å²) in [6, 6.07) is 0.462. The fraction of sp³-hybridized carbons (Fsp3) is 0.778. The van der Waals surface area contributed by atoms with Gasteiger partial charge >= 0.3 is 0 Å². The highest BCUT2D eigenvalue weighted by Gasteiger charge is 2.63. The Balaban J connectivity index is 1.69. The van der Waals surface area contributed by atoms with Crippen LogP contribution in [-0.2, 0) is 0 Å². The van der Waals surface area contributed by atoms with Crippen molar-refractivity contribution in [1.82, 2.24) is 5.32 Å². The van der Waals surface area contributed by atoms with Gasteiger partial charge in [0, 0.05) is 23.4 Å². The van der Waals surface area contributed by atoms with E-state index in [1.54, 1.807) is 0 Å². The molecule has 0 aromatic heterocycles. The minimum atomic E-state index is -1.50. The van der Waals surface area contributed by atoms with Crippen LogP contribution in [0.5, 0.6) is 0 Å². The molecular formula is C18H27FN2. The number of nitrogens with one attached hydrogen (secondary N) is 1. The molecule has 0 amide bonds. The smallest absolute Gasteiger partial charge is 0.166 e. The fourth-order valence-electron chi connectivity index (χ4n) is 5.90. The molecule has 3 heteroatoms. The number of rotatable bonds is 0. The molecule has 1 aliphatic heterocycles. The van der Waals surface area contributed by atoms with Gasteiger partial charge in [0.2, 0.25) is 0 Å². The molecule has 1 saturated heterocycles. The average Bonchev–Trinajstić information content (AvgIpc) is 2.69. The van der Waals surface area contributed by atoms with Gasteiger partial charge in [-0.3, -0.25) is 5.73 Å². The second-order valence-electron chi connectivity index (χ2n) is 8.24. The van der Waals surface area contributed by atoms with E-state index in [1.165, 1.54) is 12.8 Å². The van der Waals surface area contributed by atoms with E-state index in [4.69, 9.17) is 5.73 Å². The van der Waals surface area contributed by atoms with E-state index in [9.17, 15) is 4.39 Å². The summed E-state index contributed by atoms with van der Waals surface area (Å²) in [5.41, 5.74) is 5.80. The van der Waals surface area contributed by atoms with Crippen molar-refractivity contribution in [2.75, 3.05) is 6.54 Å². The van der Waals surface area contributed by atoms with Crippen LogP contribution in [0.25, 0.3) is 0 Å². The van der Waals surface area contributed by atoms with Gasteiger partial charge < -0.3 is 5.32 Å². The van der Waals surface area contributed by atoms with Gasteiger partial charge in [0.25, 0.3) is 0 Å². The van der Waals surface area contributed by atoms with Crippen LogP contribution in [-0.4, -0.2) is 18.4 Å². The highest BCUT2D eigenvalue weighted by Crippen LogP contribution is 2.60. The van der Waals surface area contributed by atoms with Crippen LogP contribution in [0.1, 0.15) is 39.5 Å². The van der Waals surface area contributed by atoms with E-state index in [0.717, 1.165) is 6.42 Å². The first-order chi connectivity index (χ1) is 9.88. The third kappa shape index (κ3) is 1.65. The van der Waals surface area contributed by atoms with Crippen LogP contribution in [0.4, 0.5) is 4.39 Å². The minimum Gasteiger partial charge on any atom is -0.312 e. The summed E-state index contributed by atoms with van der Waals surface area (Å²) in [5, 5.41) is 3.72. The molecule has 21 heavy (non-hydrogen) atoms. The van der Waals surface area contributed by atoms with E-state index in [-0.39, 0.29) is 5.41 Å². The molecule has 4 rings (SSSR count). The van der Waals surface area contributed by atoms with E-state index >= 15 is 0 Å². The number of nitrogens with two attached hydrogens (primary N) is 1. The van der Waals surface area contributed by atoms with Crippen LogP contribution in [0.3, 0.4) is 0 Å². The molecule has 0 bridgehead atoms. The van der Waals surface area contributed by atoms with E-state index in [1.807, 2.05) is 0 Å². The lowest BCUT2D eigenvalue weighted by molar-refractivity contribution is -0.0740. The normalized spacial score (nSPS) is 58.5. The van der Waals surface area contributed by atoms with Gasteiger partial charge in [-0.25, -0.2) is 4.39 Å². The molecule has 1 heterocycles. The van der Waals surface area contributed by atoms with Crippen LogP contribution in [0, 0.1) is 28.6 Å². The number of halogens is 1. The second kappa shape index (κ2) is 4.20. The molecule has 3 fully saturated rings. The molecule has 116 valence electrons. The van der Waals surface area contributed by atoms with Gasteiger partial charge in [0.15, 0.2) is 5.79 Å². The third-order valence-corrected chi connectivity index (χ3v) is 7.41. The first-order valence-electron chi connectivity index (χ1n) is 8.46. The molecule has 2 nitrogen and oxygen atoms in total. The molecule has 3 N–H and O–H groups in total. The average molecular weight is 290 g/mol. The summed E-state index contributed by atoms with van der Waals surface area (Å²) >= 11 is 0. The van der Waals surface area contributed by atoms with E-state index < -0.39 is 11.2 Å². The molecule has 4 aliphatic rings. The van der Waals surface area contributed by atoms with Gasteiger partial charge in [0.1, 0.15) is 0 Å². The number of alkyl halides is 1. The maximum absolute atomic E-state index is 14.8. The van der Waals surface area contributed by atoms with Crippen molar-refractivity contribution in [2.45, 2.75) is 51.4 Å². The Morgan fingerprint density at radius 1 is 1.19 bits per heavy atom. The minimum absolute atomic E-state index is 0.176. The SMILES string of the molecule is C[C@]12C=CC=CC1CC[C@@H]1[C@H]2NC[C@@]2(C)[C@H]1CCC2(N)F.